The number of aliphatic hydroxyl groups is 1. The third kappa shape index (κ3) is 2.09. The van der Waals surface area contributed by atoms with E-state index < -0.39 is 5.79 Å². The van der Waals surface area contributed by atoms with Crippen LogP contribution >= 0.6 is 0 Å². The van der Waals surface area contributed by atoms with Gasteiger partial charge in [-0.1, -0.05) is 0 Å². The number of hydrogen-bond donors (Lipinski definition) is 2. The van der Waals surface area contributed by atoms with E-state index in [1.807, 2.05) is 26.1 Å². The van der Waals surface area contributed by atoms with Crippen LogP contribution in [0.25, 0.3) is 11.0 Å². The summed E-state index contributed by atoms with van der Waals surface area (Å²) >= 11 is 0. The quantitative estimate of drug-likeness (QED) is 0.863. The molecule has 134 valence electrons. The maximum absolute atomic E-state index is 9.49. The number of aliphatic hydroxyl groups excluding tert-OH is 1. The molecule has 0 amide bonds. The molecule has 7 nitrogen and oxygen atoms in total. The van der Waals surface area contributed by atoms with Gasteiger partial charge in [0.15, 0.2) is 5.79 Å². The zero-order valence-corrected chi connectivity index (χ0v) is 14.6. The molecule has 0 aromatic carbocycles. The summed E-state index contributed by atoms with van der Waals surface area (Å²) < 4.78 is 14.8. The number of hydrogen-bond acceptors (Lipinski definition) is 6. The van der Waals surface area contributed by atoms with Gasteiger partial charge in [-0.05, 0) is 45.1 Å². The van der Waals surface area contributed by atoms with Crippen molar-refractivity contribution in [3.8, 4) is 0 Å². The molecule has 2 aromatic rings. The molecule has 5 rings (SSSR count). The molecule has 3 heterocycles. The lowest BCUT2D eigenvalue weighted by Crippen LogP contribution is -2.47. The Morgan fingerprint density at radius 3 is 2.84 bits per heavy atom. The van der Waals surface area contributed by atoms with Gasteiger partial charge in [-0.15, -0.1) is 0 Å². The molecule has 25 heavy (non-hydrogen) atoms. The summed E-state index contributed by atoms with van der Waals surface area (Å²) in [7, 11) is 0. The normalized spacial score (nSPS) is 39.0. The van der Waals surface area contributed by atoms with Crippen LogP contribution in [0, 0.1) is 11.3 Å². The van der Waals surface area contributed by atoms with Crippen molar-refractivity contribution in [2.75, 3.05) is 12.3 Å². The van der Waals surface area contributed by atoms with Crippen LogP contribution in [0.4, 0.5) is 5.82 Å². The molecular formula is C18H24N4O3. The number of rotatable bonds is 2. The number of aromatic nitrogens is 3. The van der Waals surface area contributed by atoms with Crippen molar-refractivity contribution in [3.05, 3.63) is 18.6 Å². The van der Waals surface area contributed by atoms with E-state index in [9.17, 15) is 5.11 Å². The zero-order valence-electron chi connectivity index (χ0n) is 14.6. The predicted molar refractivity (Wildman–Crippen MR) is 91.7 cm³/mol. The summed E-state index contributed by atoms with van der Waals surface area (Å²) in [6.45, 7) is 4.21. The van der Waals surface area contributed by atoms with Crippen LogP contribution in [-0.2, 0) is 9.47 Å². The van der Waals surface area contributed by atoms with Gasteiger partial charge in [0, 0.05) is 18.2 Å². The number of ether oxygens (including phenoxy) is 2. The first-order chi connectivity index (χ1) is 11.9. The molecule has 7 heteroatoms. The number of anilines is 1. The lowest BCUT2D eigenvalue weighted by Gasteiger charge is -2.48. The van der Waals surface area contributed by atoms with E-state index >= 15 is 0 Å². The lowest BCUT2D eigenvalue weighted by molar-refractivity contribution is -0.183. The van der Waals surface area contributed by atoms with Gasteiger partial charge < -0.3 is 24.9 Å². The highest BCUT2D eigenvalue weighted by molar-refractivity contribution is 5.86. The highest BCUT2D eigenvalue weighted by atomic mass is 16.8. The summed E-state index contributed by atoms with van der Waals surface area (Å²) in [6.07, 6.45) is 6.56. The van der Waals surface area contributed by atoms with E-state index in [0.717, 1.165) is 30.3 Å². The van der Waals surface area contributed by atoms with Crippen molar-refractivity contribution in [2.45, 2.75) is 57.1 Å². The highest BCUT2D eigenvalue weighted by Crippen LogP contribution is 2.63. The van der Waals surface area contributed by atoms with Gasteiger partial charge >= 0.3 is 0 Å². The monoisotopic (exact) mass is 344 g/mol. The highest BCUT2D eigenvalue weighted by Gasteiger charge is 2.65. The summed E-state index contributed by atoms with van der Waals surface area (Å²) in [5.41, 5.74) is 6.93. The Morgan fingerprint density at radius 1 is 1.28 bits per heavy atom. The van der Waals surface area contributed by atoms with Crippen molar-refractivity contribution in [1.82, 2.24) is 14.5 Å². The maximum Gasteiger partial charge on any atom is 0.163 e. The van der Waals surface area contributed by atoms with Crippen LogP contribution in [0.5, 0.6) is 0 Å². The first-order valence-electron chi connectivity index (χ1n) is 8.96. The molecule has 2 saturated carbocycles. The average molecular weight is 344 g/mol. The Morgan fingerprint density at radius 2 is 2.08 bits per heavy atom. The van der Waals surface area contributed by atoms with E-state index in [-0.39, 0.29) is 30.3 Å². The van der Waals surface area contributed by atoms with Crippen LogP contribution in [-0.4, -0.2) is 44.2 Å². The molecule has 1 aliphatic heterocycles. The minimum atomic E-state index is -0.581. The molecule has 1 spiro atoms. The van der Waals surface area contributed by atoms with Gasteiger partial charge in [-0.2, -0.15) is 0 Å². The Labute approximate surface area is 146 Å². The minimum absolute atomic E-state index is 0.0126. The second-order valence-electron chi connectivity index (χ2n) is 8.33. The molecule has 3 N–H and O–H groups in total. The Bertz CT molecular complexity index is 827. The van der Waals surface area contributed by atoms with Crippen molar-refractivity contribution >= 4 is 16.9 Å². The van der Waals surface area contributed by atoms with Crippen LogP contribution in [0.15, 0.2) is 18.6 Å². The third-order valence-corrected chi connectivity index (χ3v) is 6.27. The van der Waals surface area contributed by atoms with Gasteiger partial charge in [-0.25, -0.2) is 9.97 Å². The standard InChI is InChI=1S/C18H24N4O3/c1-17(2)24-13-12(7-18(14(13)25-17)5-10(6-18)8-23)22-4-3-11-15(19)20-9-21-16(11)22/h3-4,9-10,12-14,23H,5-8H2,1-2H3,(H2,19,20,21)/t10?,12-,13+,14+,18?/m1/s1. The molecule has 1 saturated heterocycles. The smallest absolute Gasteiger partial charge is 0.163 e. The van der Waals surface area contributed by atoms with Gasteiger partial charge in [-0.3, -0.25) is 0 Å². The van der Waals surface area contributed by atoms with E-state index in [1.54, 1.807) is 0 Å². The average Bonchev–Trinajstić information content (AvgIpc) is 3.16. The number of nitrogens with two attached hydrogens (primary N) is 1. The summed E-state index contributed by atoms with van der Waals surface area (Å²) in [4.78, 5) is 8.54. The molecule has 0 radical (unpaired) electrons. The third-order valence-electron chi connectivity index (χ3n) is 6.27. The van der Waals surface area contributed by atoms with Crippen LogP contribution in [0.2, 0.25) is 0 Å². The van der Waals surface area contributed by atoms with Crippen LogP contribution in [0.3, 0.4) is 0 Å². The van der Waals surface area contributed by atoms with E-state index in [1.165, 1.54) is 6.33 Å². The first kappa shape index (κ1) is 15.5. The molecule has 3 aliphatic rings. The SMILES string of the molecule is CC1(C)O[C@H]2[C@H](n3ccc4c(N)ncnc43)CC3(CC(CO)C3)[C@H]2O1. The summed E-state index contributed by atoms with van der Waals surface area (Å²) in [6, 6.07) is 2.13. The molecule has 0 unspecified atom stereocenters. The fraction of sp³-hybridized carbons (Fsp3) is 0.667. The predicted octanol–water partition coefficient (Wildman–Crippen LogP) is 1.87. The van der Waals surface area contributed by atoms with Crippen molar-refractivity contribution in [3.63, 3.8) is 0 Å². The van der Waals surface area contributed by atoms with Gasteiger partial charge in [0.2, 0.25) is 0 Å². The second-order valence-corrected chi connectivity index (χ2v) is 8.33. The second kappa shape index (κ2) is 4.93. The van der Waals surface area contributed by atoms with Crippen molar-refractivity contribution in [1.29, 1.82) is 0 Å². The fourth-order valence-electron chi connectivity index (χ4n) is 5.33. The Balaban J connectivity index is 1.56. The topological polar surface area (TPSA) is 95.4 Å². The Hall–Kier alpha value is -1.70. The van der Waals surface area contributed by atoms with Gasteiger partial charge in [0.25, 0.3) is 0 Å². The number of nitrogen functional groups attached to an aromatic ring is 1. The molecule has 0 bridgehead atoms. The molecule has 3 fully saturated rings. The first-order valence-corrected chi connectivity index (χ1v) is 8.96. The van der Waals surface area contributed by atoms with E-state index in [4.69, 9.17) is 15.2 Å². The molecule has 2 aliphatic carbocycles. The maximum atomic E-state index is 9.49. The minimum Gasteiger partial charge on any atom is -0.396 e. The summed E-state index contributed by atoms with van der Waals surface area (Å²) in [5.74, 6) is 0.300. The zero-order chi connectivity index (χ0) is 17.4. The molecule has 3 atom stereocenters. The van der Waals surface area contributed by atoms with Crippen LogP contribution in [0.1, 0.15) is 39.2 Å². The van der Waals surface area contributed by atoms with E-state index in [0.29, 0.717) is 11.7 Å². The van der Waals surface area contributed by atoms with Crippen LogP contribution < -0.4 is 5.73 Å². The number of nitrogens with zero attached hydrogens (tertiary/aromatic N) is 3. The van der Waals surface area contributed by atoms with Gasteiger partial charge in [0.05, 0.1) is 17.5 Å². The number of fused-ring (bicyclic) bond motifs is 3. The van der Waals surface area contributed by atoms with Crippen molar-refractivity contribution in [2.24, 2.45) is 11.3 Å². The largest absolute Gasteiger partial charge is 0.396 e. The summed E-state index contributed by atoms with van der Waals surface area (Å²) in [5, 5.41) is 10.4. The molecule has 2 aromatic heterocycles. The van der Waals surface area contributed by atoms with Crippen molar-refractivity contribution < 1.29 is 14.6 Å². The van der Waals surface area contributed by atoms with E-state index in [2.05, 4.69) is 14.5 Å². The Kier molecular flexibility index (Phi) is 3.07. The lowest BCUT2D eigenvalue weighted by atomic mass is 9.60. The fourth-order valence-corrected chi connectivity index (χ4v) is 5.33. The molecular weight excluding hydrogens is 320 g/mol. The van der Waals surface area contributed by atoms with Gasteiger partial charge in [0.1, 0.15) is 23.9 Å².